The lowest BCUT2D eigenvalue weighted by Crippen LogP contribution is -2.56. The maximum atomic E-state index is 14.5. The number of carbonyl (C=O) groups is 5. The van der Waals surface area contributed by atoms with Crippen molar-refractivity contribution in [3.8, 4) is 23.2 Å². The highest BCUT2D eigenvalue weighted by molar-refractivity contribution is 7.90. The largest absolute Gasteiger partial charge is 0.451 e. The molecule has 2 aliphatic heterocycles. The van der Waals surface area contributed by atoms with Crippen LogP contribution in [0.25, 0.3) is 22.3 Å². The van der Waals surface area contributed by atoms with Crippen molar-refractivity contribution in [1.29, 1.82) is 0 Å². The highest BCUT2D eigenvalue weighted by atomic mass is 32.2. The Morgan fingerprint density at radius 1 is 1.04 bits per heavy atom. The molecule has 5 heterocycles. The number of rotatable bonds is 22. The molecule has 390 valence electrons. The lowest BCUT2D eigenvalue weighted by molar-refractivity contribution is -0.175. The summed E-state index contributed by atoms with van der Waals surface area (Å²) in [6.07, 6.45) is 7.63. The Morgan fingerprint density at radius 2 is 1.78 bits per heavy atom. The Kier molecular flexibility index (Phi) is 18.4. The molecule has 5 N–H and O–H groups in total. The zero-order chi connectivity index (χ0) is 53.2. The first-order valence-electron chi connectivity index (χ1n) is 24.0. The summed E-state index contributed by atoms with van der Waals surface area (Å²) in [7, 11) is 0.296. The number of halogens is 1. The van der Waals surface area contributed by atoms with Crippen LogP contribution in [0.3, 0.4) is 0 Å². The molecule has 22 heteroatoms. The van der Waals surface area contributed by atoms with Crippen LogP contribution in [-0.2, 0) is 55.4 Å². The van der Waals surface area contributed by atoms with Crippen LogP contribution >= 0.6 is 0 Å². The molecule has 20 nitrogen and oxygen atoms in total. The molecule has 1 aromatic carbocycles. The molecule has 73 heavy (non-hydrogen) atoms. The number of nitrogens with one attached hydrogen (secondary N) is 4. The second kappa shape index (κ2) is 24.2. The number of sulfone groups is 1. The number of carbonyl (C=O) groups excluding carboxylic acids is 5. The van der Waals surface area contributed by atoms with E-state index in [9.17, 15) is 46.7 Å². The highest BCUT2D eigenvalue weighted by Crippen LogP contribution is 2.42. The zero-order valence-electron chi connectivity index (χ0n) is 42.0. The lowest BCUT2D eigenvalue weighted by atomic mass is 9.83. The third kappa shape index (κ3) is 13.8. The number of amides is 4. The molecule has 0 saturated carbocycles. The SMILES string of the molecule is CC[C@@]1(O)C(=O)OC(/C=C/COCNC(=O)CNC(=O)[C@H](CCCCN(C)C)NC(=O)[C@@H](NC(=O)CCCC#Cc2cnc(S(C)(=O)=O)nc2)C(C)C)c2c1cc1n(c2=O)Cc2cc3cc(C)c(F)cc3nc2-1. The summed E-state index contributed by atoms with van der Waals surface area (Å²) < 4.78 is 50.3. The van der Waals surface area contributed by atoms with Gasteiger partial charge in [-0.15, -0.1) is 0 Å². The molecule has 6 rings (SSSR count). The molecule has 3 aromatic heterocycles. The van der Waals surface area contributed by atoms with E-state index >= 15 is 0 Å². The van der Waals surface area contributed by atoms with Crippen LogP contribution in [-0.4, -0.2) is 126 Å². The molecular formula is C51H62FN9O11S. The second-order valence-corrected chi connectivity index (χ2v) is 20.6. The Balaban J connectivity index is 0.997. The number of fused-ring (bicyclic) bond motifs is 5. The van der Waals surface area contributed by atoms with E-state index in [1.165, 1.54) is 35.2 Å². The molecule has 0 spiro atoms. The number of cyclic esters (lactones) is 1. The predicted molar refractivity (Wildman–Crippen MR) is 266 cm³/mol. The molecular weight excluding hydrogens is 966 g/mol. The van der Waals surface area contributed by atoms with Crippen LogP contribution in [0, 0.1) is 30.5 Å². The molecule has 0 fully saturated rings. The van der Waals surface area contributed by atoms with Crippen molar-refractivity contribution in [2.75, 3.05) is 46.8 Å². The van der Waals surface area contributed by atoms with E-state index in [1.807, 2.05) is 25.1 Å². The van der Waals surface area contributed by atoms with Crippen molar-refractivity contribution in [1.82, 2.24) is 45.7 Å². The van der Waals surface area contributed by atoms with E-state index in [0.29, 0.717) is 52.7 Å². The molecule has 0 radical (unpaired) electrons. The van der Waals surface area contributed by atoms with Crippen molar-refractivity contribution in [2.24, 2.45) is 5.92 Å². The fraction of sp³-hybridized carbons (Fsp3) is 0.471. The van der Waals surface area contributed by atoms with Gasteiger partial charge in [0.25, 0.3) is 5.56 Å². The minimum Gasteiger partial charge on any atom is -0.451 e. The monoisotopic (exact) mass is 1030 g/mol. The van der Waals surface area contributed by atoms with Crippen LogP contribution in [0.5, 0.6) is 0 Å². The van der Waals surface area contributed by atoms with Gasteiger partial charge in [0.1, 0.15) is 24.6 Å². The number of benzene rings is 1. The number of unbranched alkanes of at least 4 members (excludes halogenated alkanes) is 2. The van der Waals surface area contributed by atoms with E-state index in [-0.39, 0.29) is 61.3 Å². The van der Waals surface area contributed by atoms with Gasteiger partial charge in [-0.05, 0) is 95.4 Å². The second-order valence-electron chi connectivity index (χ2n) is 18.7. The average Bonchev–Trinajstić information content (AvgIpc) is 3.70. The fourth-order valence-corrected chi connectivity index (χ4v) is 8.79. The van der Waals surface area contributed by atoms with E-state index in [1.54, 1.807) is 39.8 Å². The van der Waals surface area contributed by atoms with Gasteiger partial charge in [-0.2, -0.15) is 0 Å². The van der Waals surface area contributed by atoms with Gasteiger partial charge in [-0.25, -0.2) is 32.6 Å². The van der Waals surface area contributed by atoms with Gasteiger partial charge < -0.3 is 45.3 Å². The molecule has 4 atom stereocenters. The van der Waals surface area contributed by atoms with Crippen molar-refractivity contribution in [3.63, 3.8) is 0 Å². The summed E-state index contributed by atoms with van der Waals surface area (Å²) in [6.45, 7) is 6.86. The minimum atomic E-state index is -3.54. The first kappa shape index (κ1) is 55.4. The van der Waals surface area contributed by atoms with Gasteiger partial charge in [0.15, 0.2) is 11.7 Å². The fourth-order valence-electron chi connectivity index (χ4n) is 8.30. The Labute approximate surface area is 422 Å². The first-order chi connectivity index (χ1) is 34.6. The topological polar surface area (TPSA) is 270 Å². The number of hydrogen-bond donors (Lipinski definition) is 5. The van der Waals surface area contributed by atoms with Crippen molar-refractivity contribution < 1.29 is 51.4 Å². The number of nitrogens with zero attached hydrogens (tertiary/aromatic N) is 5. The van der Waals surface area contributed by atoms with Gasteiger partial charge in [0.2, 0.25) is 38.6 Å². The highest BCUT2D eigenvalue weighted by Gasteiger charge is 2.48. The Bertz CT molecular complexity index is 3020. The minimum absolute atomic E-state index is 0.0638. The first-order valence-corrected chi connectivity index (χ1v) is 25.9. The van der Waals surface area contributed by atoms with Crippen LogP contribution in [0.1, 0.15) is 99.6 Å². The maximum absolute atomic E-state index is 14.5. The standard InChI is InChI=1S/C51H62FN9O11S/c1-8-51(68)35-23-39-45-34(22-33-21-31(4)36(52)24-38(33)57-45)28-61(39)48(66)43(35)40(72-49(51)67)17-14-20-71-29-56-42(63)27-53-46(64)37(16-12-13-19-60(5)6)58-47(65)44(30(2)3)59-41(62)18-11-9-10-15-32-25-54-50(55-26-32)73(7,69)70/h14,17,21-26,30,37,40,44,68H,8-9,11-13,16,18-20,27-29H2,1-7H3,(H,53,64)(H,56,63)(H,58,65)(H,59,62)/b17-14+/t37-,40?,44-,51-/m0/s1. The number of hydrogen-bond acceptors (Lipinski definition) is 15. The zero-order valence-corrected chi connectivity index (χ0v) is 42.8. The summed E-state index contributed by atoms with van der Waals surface area (Å²) >= 11 is 0. The molecule has 0 aliphatic carbocycles. The van der Waals surface area contributed by atoms with Gasteiger partial charge in [0.05, 0.1) is 47.7 Å². The van der Waals surface area contributed by atoms with Gasteiger partial charge >= 0.3 is 5.97 Å². The maximum Gasteiger partial charge on any atom is 0.343 e. The number of ether oxygens (including phenoxy) is 2. The lowest BCUT2D eigenvalue weighted by Gasteiger charge is -2.35. The smallest absolute Gasteiger partial charge is 0.343 e. The third-order valence-corrected chi connectivity index (χ3v) is 13.2. The number of esters is 1. The number of aryl methyl sites for hydroxylation is 1. The molecule has 0 saturated heterocycles. The van der Waals surface area contributed by atoms with Crippen molar-refractivity contribution in [2.45, 2.75) is 108 Å². The van der Waals surface area contributed by atoms with Crippen molar-refractivity contribution >= 4 is 50.3 Å². The van der Waals surface area contributed by atoms with E-state index < -0.39 is 81.1 Å². The van der Waals surface area contributed by atoms with Gasteiger partial charge in [-0.1, -0.05) is 38.7 Å². The quantitative estimate of drug-likeness (QED) is 0.0167. The Hall–Kier alpha value is -6.93. The summed E-state index contributed by atoms with van der Waals surface area (Å²) in [5.41, 5.74) is 0.356. The number of aliphatic hydroxyl groups is 1. The number of pyridine rings is 2. The molecule has 1 unspecified atom stereocenters. The normalized spacial score (nSPS) is 16.8. The number of aromatic nitrogens is 4. The van der Waals surface area contributed by atoms with Crippen molar-refractivity contribution in [3.05, 3.63) is 92.8 Å². The van der Waals surface area contributed by atoms with Crippen LogP contribution in [0.4, 0.5) is 4.39 Å². The van der Waals surface area contributed by atoms with E-state index in [4.69, 9.17) is 9.47 Å². The summed E-state index contributed by atoms with van der Waals surface area (Å²) in [5.74, 6) is 1.87. The molecule has 4 amide bonds. The van der Waals surface area contributed by atoms with Gasteiger partial charge in [-0.3, -0.25) is 24.0 Å². The van der Waals surface area contributed by atoms with Crippen LogP contribution in [0.15, 0.2) is 58.8 Å². The summed E-state index contributed by atoms with van der Waals surface area (Å²) in [4.78, 5) is 94.5. The van der Waals surface area contributed by atoms with E-state index in [2.05, 4.69) is 48.1 Å². The van der Waals surface area contributed by atoms with E-state index in [0.717, 1.165) is 24.8 Å². The molecule has 2 aliphatic rings. The van der Waals surface area contributed by atoms with Gasteiger partial charge in [0, 0.05) is 54.1 Å². The summed E-state index contributed by atoms with van der Waals surface area (Å²) in [5, 5.41) is 22.6. The predicted octanol–water partition coefficient (Wildman–Crippen LogP) is 2.60. The Morgan fingerprint density at radius 3 is 2.47 bits per heavy atom. The van der Waals surface area contributed by atoms with Crippen LogP contribution in [0.2, 0.25) is 0 Å². The molecule has 4 aromatic rings. The summed E-state index contributed by atoms with van der Waals surface area (Å²) in [6, 6.07) is 4.46. The third-order valence-electron chi connectivity index (χ3n) is 12.4. The molecule has 0 bridgehead atoms. The average molecular weight is 1030 g/mol. The van der Waals surface area contributed by atoms with Crippen LogP contribution < -0.4 is 26.8 Å².